The van der Waals surface area contributed by atoms with Gasteiger partial charge in [0.05, 0.1) is 18.5 Å². The van der Waals surface area contributed by atoms with Crippen molar-refractivity contribution in [1.82, 2.24) is 14.7 Å². The first-order valence-corrected chi connectivity index (χ1v) is 10.9. The lowest BCUT2D eigenvalue weighted by atomic mass is 9.83. The number of carbonyl (C=O) groups excluding carboxylic acids is 1. The number of aryl methyl sites for hydroxylation is 1. The van der Waals surface area contributed by atoms with Crippen LogP contribution in [0.25, 0.3) is 0 Å². The molecule has 1 saturated heterocycles. The summed E-state index contributed by atoms with van der Waals surface area (Å²) in [7, 11) is 0. The van der Waals surface area contributed by atoms with Gasteiger partial charge in [-0.15, -0.1) is 0 Å². The summed E-state index contributed by atoms with van der Waals surface area (Å²) in [6, 6.07) is 4.18. The summed E-state index contributed by atoms with van der Waals surface area (Å²) in [6.45, 7) is 1.33. The molecule has 1 aliphatic carbocycles. The Hall–Kier alpha value is -2.28. The molecule has 156 valence electrons. The maximum Gasteiger partial charge on any atom is 0.223 e. The zero-order valence-electron chi connectivity index (χ0n) is 16.8. The fraction of sp³-hybridized carbons (Fsp3) is 0.636. The van der Waals surface area contributed by atoms with Gasteiger partial charge in [0.15, 0.2) is 5.75 Å². The highest BCUT2D eigenvalue weighted by molar-refractivity contribution is 5.76. The second kappa shape index (κ2) is 7.52. The first-order chi connectivity index (χ1) is 14.1. The summed E-state index contributed by atoms with van der Waals surface area (Å²) in [5.41, 5.74) is 0.285. The molecule has 2 aromatic rings. The highest BCUT2D eigenvalue weighted by atomic mass is 16.5. The quantitative estimate of drug-likeness (QED) is 0.852. The molecule has 0 bridgehead atoms. The summed E-state index contributed by atoms with van der Waals surface area (Å²) in [5.74, 6) is 1.73. The molecule has 5 rings (SSSR count). The van der Waals surface area contributed by atoms with Crippen LogP contribution in [0.2, 0.25) is 0 Å². The van der Waals surface area contributed by atoms with Crippen LogP contribution in [0, 0.1) is 0 Å². The van der Waals surface area contributed by atoms with Crippen LogP contribution in [0.15, 0.2) is 29.0 Å². The Balaban J connectivity index is 1.21. The molecule has 1 spiro atoms. The minimum atomic E-state index is -0.595. The number of fused-ring (bicyclic) bond motifs is 1. The van der Waals surface area contributed by atoms with E-state index in [4.69, 9.17) is 9.15 Å². The minimum Gasteiger partial charge on any atom is -0.483 e. The summed E-state index contributed by atoms with van der Waals surface area (Å²) in [4.78, 5) is 14.5. The average molecular weight is 399 g/mol. The standard InChI is InChI=1S/C22H29N3O4/c26-18-14-22(29-19-15-25(23-21(18)19)16-4-1-2-5-16)9-11-24(12-10-22)20(27)8-7-17-6-3-13-28-17/h3,6,13,15-16,18,26H,1-2,4-5,7-12,14H2. The molecule has 2 fully saturated rings. The number of furan rings is 1. The maximum absolute atomic E-state index is 12.6. The summed E-state index contributed by atoms with van der Waals surface area (Å²) >= 11 is 0. The third-order valence-corrected chi connectivity index (χ3v) is 6.82. The maximum atomic E-state index is 12.6. The Bertz CT molecular complexity index is 846. The smallest absolute Gasteiger partial charge is 0.223 e. The Morgan fingerprint density at radius 1 is 1.28 bits per heavy atom. The second-order valence-corrected chi connectivity index (χ2v) is 8.76. The minimum absolute atomic E-state index is 0.155. The van der Waals surface area contributed by atoms with Gasteiger partial charge in [-0.3, -0.25) is 9.48 Å². The molecule has 3 aliphatic rings. The Kier molecular flexibility index (Phi) is 4.86. The molecule has 29 heavy (non-hydrogen) atoms. The lowest BCUT2D eigenvalue weighted by Crippen LogP contribution is -2.51. The van der Waals surface area contributed by atoms with E-state index in [9.17, 15) is 9.90 Å². The zero-order chi connectivity index (χ0) is 19.8. The van der Waals surface area contributed by atoms with Gasteiger partial charge < -0.3 is 19.2 Å². The van der Waals surface area contributed by atoms with Crippen LogP contribution in [-0.2, 0) is 11.2 Å². The molecule has 1 saturated carbocycles. The van der Waals surface area contributed by atoms with E-state index in [0.29, 0.717) is 44.1 Å². The fourth-order valence-corrected chi connectivity index (χ4v) is 5.09. The molecule has 0 radical (unpaired) electrons. The number of carbonyl (C=O) groups is 1. The Labute approximate surface area is 170 Å². The average Bonchev–Trinajstić information content (AvgIpc) is 3.47. The van der Waals surface area contributed by atoms with Gasteiger partial charge in [0.25, 0.3) is 0 Å². The van der Waals surface area contributed by atoms with Gasteiger partial charge in [0, 0.05) is 45.2 Å². The second-order valence-electron chi connectivity index (χ2n) is 8.76. The van der Waals surface area contributed by atoms with Crippen LogP contribution in [0.1, 0.15) is 75.0 Å². The monoisotopic (exact) mass is 399 g/mol. The lowest BCUT2D eigenvalue weighted by molar-refractivity contribution is -0.136. The van der Waals surface area contributed by atoms with E-state index in [0.717, 1.165) is 37.2 Å². The topological polar surface area (TPSA) is 80.7 Å². The van der Waals surface area contributed by atoms with Gasteiger partial charge >= 0.3 is 0 Å². The zero-order valence-corrected chi connectivity index (χ0v) is 16.8. The molecular weight excluding hydrogens is 370 g/mol. The van der Waals surface area contributed by atoms with Crippen molar-refractivity contribution < 1.29 is 19.1 Å². The van der Waals surface area contributed by atoms with Gasteiger partial charge in [-0.25, -0.2) is 0 Å². The Morgan fingerprint density at radius 2 is 2.07 bits per heavy atom. The van der Waals surface area contributed by atoms with Gasteiger partial charge in [0.1, 0.15) is 23.2 Å². The molecule has 1 atom stereocenters. The number of hydrogen-bond donors (Lipinski definition) is 1. The number of aliphatic hydroxyl groups is 1. The third-order valence-electron chi connectivity index (χ3n) is 6.82. The predicted molar refractivity (Wildman–Crippen MR) is 106 cm³/mol. The number of aromatic nitrogens is 2. The van der Waals surface area contributed by atoms with Crippen LogP contribution in [-0.4, -0.2) is 44.4 Å². The van der Waals surface area contributed by atoms with Crippen LogP contribution in [0.3, 0.4) is 0 Å². The van der Waals surface area contributed by atoms with E-state index in [-0.39, 0.29) is 5.91 Å². The summed E-state index contributed by atoms with van der Waals surface area (Å²) in [5, 5.41) is 15.4. The van der Waals surface area contributed by atoms with E-state index in [1.165, 1.54) is 12.8 Å². The van der Waals surface area contributed by atoms with Gasteiger partial charge in [0.2, 0.25) is 5.91 Å². The van der Waals surface area contributed by atoms with Crippen LogP contribution >= 0.6 is 0 Å². The number of hydrogen-bond acceptors (Lipinski definition) is 5. The number of amides is 1. The molecule has 7 heteroatoms. The molecule has 0 aromatic carbocycles. The molecule has 1 amide bonds. The van der Waals surface area contributed by atoms with Crippen molar-refractivity contribution in [2.45, 2.75) is 75.5 Å². The molecule has 2 aliphatic heterocycles. The number of likely N-dealkylation sites (tertiary alicyclic amines) is 1. The van der Waals surface area contributed by atoms with E-state index in [1.807, 2.05) is 27.9 Å². The van der Waals surface area contributed by atoms with Crippen molar-refractivity contribution in [2.24, 2.45) is 0 Å². The van der Waals surface area contributed by atoms with Crippen LogP contribution < -0.4 is 4.74 Å². The Morgan fingerprint density at radius 3 is 2.79 bits per heavy atom. The van der Waals surface area contributed by atoms with Crippen molar-refractivity contribution in [3.63, 3.8) is 0 Å². The molecule has 7 nitrogen and oxygen atoms in total. The van der Waals surface area contributed by atoms with Gasteiger partial charge in [-0.05, 0) is 25.0 Å². The molecule has 1 unspecified atom stereocenters. The van der Waals surface area contributed by atoms with Crippen molar-refractivity contribution >= 4 is 5.91 Å². The number of nitrogens with zero attached hydrogens (tertiary/aromatic N) is 3. The predicted octanol–water partition coefficient (Wildman–Crippen LogP) is 3.40. The largest absolute Gasteiger partial charge is 0.483 e. The van der Waals surface area contributed by atoms with Crippen LogP contribution in [0.5, 0.6) is 5.75 Å². The third kappa shape index (κ3) is 3.68. The fourth-order valence-electron chi connectivity index (χ4n) is 5.09. The number of piperidine rings is 1. The molecule has 1 N–H and O–H groups in total. The first-order valence-electron chi connectivity index (χ1n) is 10.9. The number of rotatable bonds is 4. The summed E-state index contributed by atoms with van der Waals surface area (Å²) in [6.07, 6.45) is 10.9. The van der Waals surface area contributed by atoms with E-state index in [1.54, 1.807) is 6.26 Å². The van der Waals surface area contributed by atoms with E-state index >= 15 is 0 Å². The molecule has 4 heterocycles. The highest BCUT2D eigenvalue weighted by Gasteiger charge is 2.45. The number of aliphatic hydroxyl groups excluding tert-OH is 1. The van der Waals surface area contributed by atoms with Gasteiger partial charge in [-0.2, -0.15) is 5.10 Å². The summed E-state index contributed by atoms with van der Waals surface area (Å²) < 4.78 is 13.7. The SMILES string of the molecule is O=C(CCc1ccco1)N1CCC2(CC1)CC(O)c1nn(C3CCCC3)cc1O2. The molecular formula is C22H29N3O4. The molecule has 2 aromatic heterocycles. The highest BCUT2D eigenvalue weighted by Crippen LogP contribution is 2.44. The number of ether oxygens (including phenoxy) is 1. The van der Waals surface area contributed by atoms with Crippen molar-refractivity contribution in [3.05, 3.63) is 36.0 Å². The van der Waals surface area contributed by atoms with Crippen molar-refractivity contribution in [3.8, 4) is 5.75 Å². The van der Waals surface area contributed by atoms with Crippen LogP contribution in [0.4, 0.5) is 0 Å². The van der Waals surface area contributed by atoms with E-state index < -0.39 is 11.7 Å². The van der Waals surface area contributed by atoms with Gasteiger partial charge in [-0.1, -0.05) is 12.8 Å². The van der Waals surface area contributed by atoms with Crippen molar-refractivity contribution in [1.29, 1.82) is 0 Å². The van der Waals surface area contributed by atoms with E-state index in [2.05, 4.69) is 5.10 Å². The lowest BCUT2D eigenvalue weighted by Gasteiger charge is -2.44. The first kappa shape index (κ1) is 18.7. The normalized spacial score (nSPS) is 23.9. The van der Waals surface area contributed by atoms with Crippen molar-refractivity contribution in [2.75, 3.05) is 13.1 Å².